The molecule has 1 aromatic rings. The van der Waals surface area contributed by atoms with Crippen molar-refractivity contribution in [3.05, 3.63) is 29.8 Å². The second kappa shape index (κ2) is 5.33. The number of nitrogens with zero attached hydrogens (tertiary/aromatic N) is 4. The molecule has 0 spiro atoms. The average molecular weight is 275 g/mol. The van der Waals surface area contributed by atoms with Crippen LogP contribution in [0.2, 0.25) is 0 Å². The van der Waals surface area contributed by atoms with Crippen LogP contribution in [0.1, 0.15) is 12.5 Å². The van der Waals surface area contributed by atoms with Crippen LogP contribution in [0.15, 0.2) is 39.5 Å². The highest BCUT2D eigenvalue weighted by Crippen LogP contribution is 2.16. The van der Waals surface area contributed by atoms with Crippen molar-refractivity contribution in [3.63, 3.8) is 0 Å². The number of nitrogens with two attached hydrogens (primary N) is 1. The van der Waals surface area contributed by atoms with Crippen molar-refractivity contribution in [2.24, 2.45) is 21.1 Å². The van der Waals surface area contributed by atoms with E-state index in [2.05, 4.69) is 15.2 Å². The summed E-state index contributed by atoms with van der Waals surface area (Å²) in [7, 11) is 0. The molecule has 0 fully saturated rings. The van der Waals surface area contributed by atoms with Gasteiger partial charge in [0, 0.05) is 0 Å². The van der Waals surface area contributed by atoms with Crippen LogP contribution >= 0.6 is 12.2 Å². The molecule has 98 valence electrons. The molecule has 6 nitrogen and oxygen atoms in total. The number of rotatable bonds is 2. The first-order chi connectivity index (χ1) is 8.99. The van der Waals surface area contributed by atoms with Crippen LogP contribution in [-0.2, 0) is 4.79 Å². The molecule has 0 radical (unpaired) electrons. The van der Waals surface area contributed by atoms with E-state index in [0.717, 1.165) is 10.6 Å². The maximum atomic E-state index is 11.9. The maximum absolute atomic E-state index is 11.9. The molecule has 1 aliphatic rings. The Balaban J connectivity index is 2.22. The van der Waals surface area contributed by atoms with Gasteiger partial charge in [-0.3, -0.25) is 4.79 Å². The summed E-state index contributed by atoms with van der Waals surface area (Å²) < 4.78 is 0. The van der Waals surface area contributed by atoms with Crippen LogP contribution in [0.3, 0.4) is 0 Å². The van der Waals surface area contributed by atoms with E-state index in [4.69, 9.17) is 18.1 Å². The standard InChI is InChI=1S/C12H13N5OS/c1-7-3-5-9(6-4-7)15-16-10-8(2)14-12(19)17(13)11(10)18/h3-6,10H,13H2,1-2H3/t10-/m0/s1. The van der Waals surface area contributed by atoms with Gasteiger partial charge in [0.2, 0.25) is 5.11 Å². The number of benzene rings is 1. The number of hydrogen-bond acceptors (Lipinski definition) is 5. The molecule has 0 saturated carbocycles. The van der Waals surface area contributed by atoms with E-state index < -0.39 is 11.9 Å². The zero-order chi connectivity index (χ0) is 14.0. The summed E-state index contributed by atoms with van der Waals surface area (Å²) in [5.41, 5.74) is 2.29. The Kier molecular flexibility index (Phi) is 3.77. The number of azo groups is 1. The monoisotopic (exact) mass is 275 g/mol. The second-order valence-corrected chi connectivity index (χ2v) is 4.56. The van der Waals surface area contributed by atoms with E-state index in [9.17, 15) is 4.79 Å². The highest BCUT2D eigenvalue weighted by Gasteiger charge is 2.32. The highest BCUT2D eigenvalue weighted by atomic mass is 32.1. The van der Waals surface area contributed by atoms with Crippen LogP contribution in [0.5, 0.6) is 0 Å². The Morgan fingerprint density at radius 3 is 2.58 bits per heavy atom. The van der Waals surface area contributed by atoms with Gasteiger partial charge in [0.15, 0.2) is 6.04 Å². The summed E-state index contributed by atoms with van der Waals surface area (Å²) in [6, 6.07) is 6.68. The van der Waals surface area contributed by atoms with Gasteiger partial charge in [0.1, 0.15) is 0 Å². The number of thiocarbonyl (C=S) groups is 1. The van der Waals surface area contributed by atoms with Gasteiger partial charge in [-0.15, -0.1) is 0 Å². The van der Waals surface area contributed by atoms with Crippen molar-refractivity contribution < 1.29 is 4.79 Å². The van der Waals surface area contributed by atoms with Crippen molar-refractivity contribution in [3.8, 4) is 0 Å². The number of aryl methyl sites for hydroxylation is 1. The third kappa shape index (κ3) is 2.88. The minimum atomic E-state index is -0.807. The lowest BCUT2D eigenvalue weighted by atomic mass is 10.1. The minimum Gasteiger partial charge on any atom is -0.270 e. The lowest BCUT2D eigenvalue weighted by molar-refractivity contribution is -0.127. The molecule has 19 heavy (non-hydrogen) atoms. The van der Waals surface area contributed by atoms with Gasteiger partial charge in [0.25, 0.3) is 5.91 Å². The molecule has 7 heteroatoms. The average Bonchev–Trinajstić information content (AvgIpc) is 2.38. The van der Waals surface area contributed by atoms with Gasteiger partial charge in [-0.05, 0) is 38.2 Å². The molecule has 2 N–H and O–H groups in total. The van der Waals surface area contributed by atoms with Crippen LogP contribution in [0.4, 0.5) is 5.69 Å². The number of hydrogen-bond donors (Lipinski definition) is 1. The molecule has 0 aliphatic carbocycles. The molecular weight excluding hydrogens is 262 g/mol. The zero-order valence-corrected chi connectivity index (χ0v) is 11.4. The van der Waals surface area contributed by atoms with Gasteiger partial charge in [-0.25, -0.2) is 15.8 Å². The highest BCUT2D eigenvalue weighted by molar-refractivity contribution is 7.80. The predicted octanol–water partition coefficient (Wildman–Crippen LogP) is 1.91. The Morgan fingerprint density at radius 1 is 1.32 bits per heavy atom. The fourth-order valence-electron chi connectivity index (χ4n) is 1.54. The van der Waals surface area contributed by atoms with Gasteiger partial charge < -0.3 is 0 Å². The van der Waals surface area contributed by atoms with Gasteiger partial charge in [-0.2, -0.15) is 10.2 Å². The summed E-state index contributed by atoms with van der Waals surface area (Å²) in [6.07, 6.45) is 0. The van der Waals surface area contributed by atoms with Crippen molar-refractivity contribution >= 4 is 34.6 Å². The van der Waals surface area contributed by atoms with E-state index in [1.165, 1.54) is 0 Å². The number of hydrazine groups is 1. The Morgan fingerprint density at radius 2 is 1.95 bits per heavy atom. The Hall–Kier alpha value is -1.99. The van der Waals surface area contributed by atoms with Crippen LogP contribution < -0.4 is 5.84 Å². The lowest BCUT2D eigenvalue weighted by Crippen LogP contribution is -2.51. The molecule has 1 aromatic carbocycles. The van der Waals surface area contributed by atoms with E-state index in [-0.39, 0.29) is 5.11 Å². The first kappa shape index (κ1) is 13.4. The van der Waals surface area contributed by atoms with E-state index >= 15 is 0 Å². The lowest BCUT2D eigenvalue weighted by Gasteiger charge is -2.23. The quantitative estimate of drug-likeness (QED) is 0.387. The van der Waals surface area contributed by atoms with Crippen LogP contribution in [-0.4, -0.2) is 27.8 Å². The van der Waals surface area contributed by atoms with Gasteiger partial charge in [0.05, 0.1) is 11.4 Å². The summed E-state index contributed by atoms with van der Waals surface area (Å²) in [6.45, 7) is 3.66. The van der Waals surface area contributed by atoms with E-state index in [1.807, 2.05) is 31.2 Å². The van der Waals surface area contributed by atoms with Crippen molar-refractivity contribution in [1.29, 1.82) is 0 Å². The fourth-order valence-corrected chi connectivity index (χ4v) is 1.77. The van der Waals surface area contributed by atoms with Crippen molar-refractivity contribution in [1.82, 2.24) is 5.01 Å². The van der Waals surface area contributed by atoms with Gasteiger partial charge in [-0.1, -0.05) is 17.7 Å². The van der Waals surface area contributed by atoms with Crippen molar-refractivity contribution in [2.75, 3.05) is 0 Å². The summed E-state index contributed by atoms with van der Waals surface area (Å²) in [5, 5.41) is 8.89. The normalized spacial score (nSPS) is 20.1. The van der Waals surface area contributed by atoms with Gasteiger partial charge >= 0.3 is 0 Å². The fraction of sp³-hybridized carbons (Fsp3) is 0.250. The molecule has 0 aromatic heterocycles. The smallest absolute Gasteiger partial charge is 0.270 e. The molecule has 1 aliphatic heterocycles. The molecule has 1 amide bonds. The SMILES string of the molecule is CC1=NC(=S)N(N)C(=O)[C@H]1N=Nc1ccc(C)cc1. The predicted molar refractivity (Wildman–Crippen MR) is 76.2 cm³/mol. The molecule has 2 rings (SSSR count). The molecule has 0 saturated heterocycles. The summed E-state index contributed by atoms with van der Waals surface area (Å²) in [4.78, 5) is 15.9. The third-order valence-corrected chi connectivity index (χ3v) is 2.96. The minimum absolute atomic E-state index is 0.0456. The molecule has 0 bridgehead atoms. The molecular formula is C12H13N5OS. The summed E-state index contributed by atoms with van der Waals surface area (Å²) >= 11 is 4.85. The third-order valence-electron chi connectivity index (χ3n) is 2.67. The first-order valence-corrected chi connectivity index (χ1v) is 6.05. The number of aliphatic imine (C=N–C) groups is 1. The Bertz CT molecular complexity index is 578. The maximum Gasteiger partial charge on any atom is 0.275 e. The number of carbonyl (C=O) groups is 1. The topological polar surface area (TPSA) is 83.4 Å². The first-order valence-electron chi connectivity index (χ1n) is 5.64. The van der Waals surface area contributed by atoms with E-state index in [1.54, 1.807) is 6.92 Å². The second-order valence-electron chi connectivity index (χ2n) is 4.20. The number of carbonyl (C=O) groups excluding carboxylic acids is 1. The molecule has 1 atom stereocenters. The molecule has 1 heterocycles. The Labute approximate surface area is 116 Å². The largest absolute Gasteiger partial charge is 0.275 e. The van der Waals surface area contributed by atoms with E-state index in [0.29, 0.717) is 11.4 Å². The molecule has 0 unspecified atom stereocenters. The zero-order valence-electron chi connectivity index (χ0n) is 10.6. The number of amides is 1. The van der Waals surface area contributed by atoms with Crippen LogP contribution in [0.25, 0.3) is 0 Å². The summed E-state index contributed by atoms with van der Waals surface area (Å²) in [5.74, 6) is 5.07. The van der Waals surface area contributed by atoms with Crippen molar-refractivity contribution in [2.45, 2.75) is 19.9 Å². The van der Waals surface area contributed by atoms with Crippen LogP contribution in [0, 0.1) is 6.92 Å².